The maximum atomic E-state index is 15.1. The second-order valence-electron chi connectivity index (χ2n) is 8.70. The number of alkyl halides is 2. The molecule has 40 heavy (non-hydrogen) atoms. The summed E-state index contributed by atoms with van der Waals surface area (Å²) in [6.45, 7) is 3.72. The van der Waals surface area contributed by atoms with Gasteiger partial charge in [-0.1, -0.05) is 24.1 Å². The predicted molar refractivity (Wildman–Crippen MR) is 139 cm³/mol. The smallest absolute Gasteiger partial charge is 0.429 e. The van der Waals surface area contributed by atoms with Gasteiger partial charge in [0.15, 0.2) is 22.5 Å². The van der Waals surface area contributed by atoms with E-state index in [4.69, 9.17) is 0 Å². The van der Waals surface area contributed by atoms with Crippen LogP contribution < -0.4 is 4.74 Å². The standard InChI is InChI=1S/C30H16F7NOS/c1-2-3-4-16-6-9-24-25(12-16)40-26(38-24)10-7-17-5-8-20-18(11-17)13-21(31)27(28(20)34)30(36,37)39-19-14-22(32)29(35)23(33)15-19/h2,5-6,8-9,11-15H,1,3-4H2. The molecule has 0 aliphatic rings. The molecule has 2 nitrogen and oxygen atoms in total. The SMILES string of the molecule is C=CCCc1ccc2nc(C#Cc3ccc4c(F)c(C(F)(F)Oc5cc(F)c(F)c(F)c5)c(F)cc4c3)sc2c1. The first-order valence-corrected chi connectivity index (χ1v) is 12.5. The van der Waals surface area contributed by atoms with Gasteiger partial charge in [0.1, 0.15) is 22.9 Å². The van der Waals surface area contributed by atoms with Crippen molar-refractivity contribution in [2.45, 2.75) is 19.0 Å². The summed E-state index contributed by atoms with van der Waals surface area (Å²) in [5, 5.41) is 0.0965. The lowest BCUT2D eigenvalue weighted by Gasteiger charge is -2.20. The summed E-state index contributed by atoms with van der Waals surface area (Å²) in [7, 11) is 0. The Kier molecular flexibility index (Phi) is 7.25. The topological polar surface area (TPSA) is 22.1 Å². The Morgan fingerprint density at radius 1 is 0.875 bits per heavy atom. The number of rotatable bonds is 6. The van der Waals surface area contributed by atoms with Crippen LogP contribution in [0.5, 0.6) is 5.75 Å². The van der Waals surface area contributed by atoms with Crippen molar-refractivity contribution in [3.8, 4) is 17.6 Å². The van der Waals surface area contributed by atoms with Crippen LogP contribution >= 0.6 is 11.3 Å². The molecule has 0 saturated heterocycles. The van der Waals surface area contributed by atoms with Gasteiger partial charge in [-0.15, -0.1) is 17.9 Å². The second kappa shape index (κ2) is 10.7. The summed E-state index contributed by atoms with van der Waals surface area (Å²) in [6, 6.07) is 10.7. The molecule has 1 aromatic heterocycles. The summed E-state index contributed by atoms with van der Waals surface area (Å²) in [4.78, 5) is 4.47. The minimum absolute atomic E-state index is 0.0589. The number of hydrogen-bond donors (Lipinski definition) is 0. The molecule has 10 heteroatoms. The van der Waals surface area contributed by atoms with Gasteiger partial charge in [-0.25, -0.2) is 26.9 Å². The average molecular weight is 572 g/mol. The van der Waals surface area contributed by atoms with Crippen LogP contribution in [0.4, 0.5) is 30.7 Å². The number of fused-ring (bicyclic) bond motifs is 2. The van der Waals surface area contributed by atoms with E-state index in [1.807, 2.05) is 24.3 Å². The second-order valence-corrected chi connectivity index (χ2v) is 9.73. The molecule has 0 spiro atoms. The molecule has 0 bridgehead atoms. The van der Waals surface area contributed by atoms with E-state index < -0.39 is 46.5 Å². The van der Waals surface area contributed by atoms with Gasteiger partial charge < -0.3 is 4.74 Å². The first kappa shape index (κ1) is 27.2. The molecular formula is C30H16F7NOS. The van der Waals surface area contributed by atoms with E-state index in [-0.39, 0.29) is 22.9 Å². The highest BCUT2D eigenvalue weighted by atomic mass is 32.1. The molecule has 0 amide bonds. The lowest BCUT2D eigenvalue weighted by Crippen LogP contribution is -2.25. The van der Waals surface area contributed by atoms with Crippen LogP contribution in [0.3, 0.4) is 0 Å². The van der Waals surface area contributed by atoms with E-state index in [1.54, 1.807) is 0 Å². The third-order valence-corrected chi connectivity index (χ3v) is 6.86. The lowest BCUT2D eigenvalue weighted by atomic mass is 10.0. The van der Waals surface area contributed by atoms with Crippen LogP contribution in [-0.4, -0.2) is 4.98 Å². The van der Waals surface area contributed by atoms with Crippen molar-refractivity contribution < 1.29 is 35.5 Å². The Morgan fingerprint density at radius 3 is 2.35 bits per heavy atom. The molecule has 1 heterocycles. The van der Waals surface area contributed by atoms with Gasteiger partial charge in [-0.2, -0.15) is 8.78 Å². The van der Waals surface area contributed by atoms with Crippen molar-refractivity contribution in [1.82, 2.24) is 4.98 Å². The Hall–Kier alpha value is -4.36. The molecule has 0 radical (unpaired) electrons. The van der Waals surface area contributed by atoms with Crippen LogP contribution in [0.2, 0.25) is 0 Å². The van der Waals surface area contributed by atoms with Crippen molar-refractivity contribution in [1.29, 1.82) is 0 Å². The fourth-order valence-corrected chi connectivity index (χ4v) is 4.92. The number of aryl methyl sites for hydroxylation is 1. The normalized spacial score (nSPS) is 11.5. The third kappa shape index (κ3) is 5.38. The molecule has 0 unspecified atom stereocenters. The number of nitrogens with zero attached hydrogens (tertiary/aromatic N) is 1. The third-order valence-electron chi connectivity index (χ3n) is 5.93. The van der Waals surface area contributed by atoms with Crippen molar-refractivity contribution in [3.05, 3.63) is 118 Å². The lowest BCUT2D eigenvalue weighted by molar-refractivity contribution is -0.189. The molecule has 0 N–H and O–H groups in total. The maximum Gasteiger partial charge on any atom is 0.432 e. The van der Waals surface area contributed by atoms with Gasteiger partial charge in [0.2, 0.25) is 0 Å². The van der Waals surface area contributed by atoms with Crippen molar-refractivity contribution >= 4 is 32.3 Å². The van der Waals surface area contributed by atoms with Gasteiger partial charge in [0.25, 0.3) is 0 Å². The molecule has 0 aliphatic heterocycles. The van der Waals surface area contributed by atoms with Crippen LogP contribution in [-0.2, 0) is 12.5 Å². The van der Waals surface area contributed by atoms with Gasteiger partial charge >= 0.3 is 6.11 Å². The van der Waals surface area contributed by atoms with Gasteiger partial charge in [0, 0.05) is 23.1 Å². The average Bonchev–Trinajstić information content (AvgIpc) is 3.31. The zero-order valence-electron chi connectivity index (χ0n) is 20.3. The molecule has 5 aromatic rings. The van der Waals surface area contributed by atoms with Crippen LogP contribution in [0.15, 0.2) is 67.3 Å². The Labute approximate surface area is 227 Å². The molecule has 0 atom stereocenters. The highest BCUT2D eigenvalue weighted by Gasteiger charge is 2.42. The molecule has 5 rings (SSSR count). The van der Waals surface area contributed by atoms with E-state index in [0.29, 0.717) is 16.6 Å². The molecule has 0 fully saturated rings. The Morgan fingerprint density at radius 2 is 1.62 bits per heavy atom. The minimum atomic E-state index is -4.68. The number of benzene rings is 4. The quantitative estimate of drug-likeness (QED) is 0.0880. The molecule has 0 saturated carbocycles. The summed E-state index contributed by atoms with van der Waals surface area (Å²) in [6.07, 6.45) is -1.14. The van der Waals surface area contributed by atoms with E-state index in [9.17, 15) is 26.3 Å². The molecular weight excluding hydrogens is 555 g/mol. The number of allylic oxidation sites excluding steroid dienone is 1. The number of aromatic nitrogens is 1. The van der Waals surface area contributed by atoms with Crippen molar-refractivity contribution in [3.63, 3.8) is 0 Å². The fraction of sp³-hybridized carbons (Fsp3) is 0.100. The van der Waals surface area contributed by atoms with E-state index >= 15 is 4.39 Å². The summed E-state index contributed by atoms with van der Waals surface area (Å²) >= 11 is 1.38. The van der Waals surface area contributed by atoms with Gasteiger partial charge in [-0.3, -0.25) is 0 Å². The zero-order chi connectivity index (χ0) is 28.6. The highest BCUT2D eigenvalue weighted by molar-refractivity contribution is 7.19. The minimum Gasteiger partial charge on any atom is -0.429 e. The Bertz CT molecular complexity index is 1830. The van der Waals surface area contributed by atoms with E-state index in [0.717, 1.165) is 34.7 Å². The number of ether oxygens (including phenoxy) is 1. The molecule has 0 aliphatic carbocycles. The van der Waals surface area contributed by atoms with Gasteiger partial charge in [-0.05, 0) is 60.0 Å². The molecule has 202 valence electrons. The first-order valence-electron chi connectivity index (χ1n) is 11.7. The molecule has 4 aromatic carbocycles. The van der Waals surface area contributed by atoms with Crippen LogP contribution in [0, 0.1) is 40.9 Å². The maximum absolute atomic E-state index is 15.1. The van der Waals surface area contributed by atoms with E-state index in [1.165, 1.54) is 23.5 Å². The van der Waals surface area contributed by atoms with Crippen molar-refractivity contribution in [2.24, 2.45) is 0 Å². The van der Waals surface area contributed by atoms with Crippen molar-refractivity contribution in [2.75, 3.05) is 0 Å². The summed E-state index contributed by atoms with van der Waals surface area (Å²) < 4.78 is 104. The fourth-order valence-electron chi connectivity index (χ4n) is 4.04. The number of thiazole rings is 1. The number of halogens is 7. The largest absolute Gasteiger partial charge is 0.432 e. The van der Waals surface area contributed by atoms with E-state index in [2.05, 4.69) is 28.1 Å². The summed E-state index contributed by atoms with van der Waals surface area (Å²) in [5.74, 6) is -4.22. The number of hydrogen-bond acceptors (Lipinski definition) is 3. The monoisotopic (exact) mass is 571 g/mol. The Balaban J connectivity index is 1.44. The van der Waals surface area contributed by atoms with Crippen LogP contribution in [0.1, 0.15) is 28.1 Å². The van der Waals surface area contributed by atoms with Crippen LogP contribution in [0.25, 0.3) is 21.0 Å². The zero-order valence-corrected chi connectivity index (χ0v) is 21.1. The summed E-state index contributed by atoms with van der Waals surface area (Å²) in [5.41, 5.74) is 0.499. The first-order chi connectivity index (χ1) is 19.1. The predicted octanol–water partition coefficient (Wildman–Crippen LogP) is 8.79. The highest BCUT2D eigenvalue weighted by Crippen LogP contribution is 2.38. The van der Waals surface area contributed by atoms with Gasteiger partial charge in [0.05, 0.1) is 10.2 Å².